The topological polar surface area (TPSA) is 15.1 Å². The van der Waals surface area contributed by atoms with E-state index in [-0.39, 0.29) is 5.60 Å². The van der Waals surface area contributed by atoms with Gasteiger partial charge in [0.25, 0.3) is 0 Å². The van der Waals surface area contributed by atoms with Gasteiger partial charge in [0.1, 0.15) is 5.60 Å². The highest BCUT2D eigenvalue weighted by Gasteiger charge is 2.22. The molecule has 0 atom stereocenters. The average molecular weight is 145 g/mol. The third kappa shape index (κ3) is 4.77. The second kappa shape index (κ2) is 3.94. The molecule has 0 rings (SSSR count). The molecule has 61 valence electrons. The van der Waals surface area contributed by atoms with Crippen LogP contribution in [0.5, 0.6) is 0 Å². The van der Waals surface area contributed by atoms with E-state index in [2.05, 4.69) is 34.6 Å². The van der Waals surface area contributed by atoms with E-state index in [4.69, 9.17) is 4.84 Å². The molecule has 0 N–H and O–H groups in total. The zero-order valence-corrected chi connectivity index (χ0v) is 7.77. The summed E-state index contributed by atoms with van der Waals surface area (Å²) < 4.78 is 0. The Balaban J connectivity index is 3.63. The van der Waals surface area contributed by atoms with Crippen molar-refractivity contribution in [1.29, 1.82) is 0 Å². The summed E-state index contributed by atoms with van der Waals surface area (Å²) in [5.41, 5.74) is -0.0496. The number of hydroxylamine groups is 2. The van der Waals surface area contributed by atoms with Crippen molar-refractivity contribution in [3.8, 4) is 0 Å². The molecule has 0 aromatic heterocycles. The minimum Gasteiger partial charge on any atom is -0.143 e. The van der Waals surface area contributed by atoms with Gasteiger partial charge >= 0.3 is 0 Å². The molecule has 0 amide bonds. The zero-order chi connectivity index (χ0) is 8.20. The molecule has 0 aliphatic heterocycles. The van der Waals surface area contributed by atoms with Crippen molar-refractivity contribution in [2.24, 2.45) is 0 Å². The van der Waals surface area contributed by atoms with Crippen LogP contribution >= 0.6 is 0 Å². The minimum absolute atomic E-state index is 0.0496. The molecule has 0 aromatic rings. The van der Waals surface area contributed by atoms with E-state index < -0.39 is 0 Å². The highest BCUT2D eigenvalue weighted by atomic mass is 16.7. The molecule has 0 unspecified atom stereocenters. The van der Waals surface area contributed by atoms with Gasteiger partial charge in [0.05, 0.1) is 0 Å². The largest absolute Gasteiger partial charge is 0.157 e. The van der Waals surface area contributed by atoms with E-state index >= 15 is 0 Å². The fourth-order valence-electron chi connectivity index (χ4n) is 0.740. The van der Waals surface area contributed by atoms with Gasteiger partial charge in [-0.15, -0.1) is 4.84 Å². The summed E-state index contributed by atoms with van der Waals surface area (Å²) in [5.74, 6) is 0. The Bertz CT molecular complexity index is 81.7. The molecule has 10 heavy (non-hydrogen) atoms. The van der Waals surface area contributed by atoms with Crippen LogP contribution < -0.4 is 5.06 Å². The Kier molecular flexibility index (Phi) is 3.91. The highest BCUT2D eigenvalue weighted by molar-refractivity contribution is 4.59. The Hall–Kier alpha value is -0.0800. The standard InChI is InChI=1S/C8H19NO/c1-6-9(7-2)10-8(3,4)5/h6-7H2,1-5H3/q+1. The van der Waals surface area contributed by atoms with Gasteiger partial charge < -0.3 is 0 Å². The van der Waals surface area contributed by atoms with Gasteiger partial charge in [-0.1, -0.05) is 0 Å². The van der Waals surface area contributed by atoms with Gasteiger partial charge in [0, 0.05) is 0 Å². The fourth-order valence-corrected chi connectivity index (χ4v) is 0.740. The third-order valence-electron chi connectivity index (χ3n) is 1.11. The van der Waals surface area contributed by atoms with Crippen molar-refractivity contribution in [2.45, 2.75) is 40.2 Å². The summed E-state index contributed by atoms with van der Waals surface area (Å²) in [6.45, 7) is 12.3. The first kappa shape index (κ1) is 9.92. The predicted octanol–water partition coefficient (Wildman–Crippen LogP) is 1.90. The van der Waals surface area contributed by atoms with Crippen LogP contribution in [0.4, 0.5) is 0 Å². The van der Waals surface area contributed by atoms with Gasteiger partial charge in [0.15, 0.2) is 13.1 Å². The summed E-state index contributed by atoms with van der Waals surface area (Å²) in [4.78, 5) is 5.57. The first-order chi connectivity index (χ1) is 4.49. The molecular weight excluding hydrogens is 126 g/mol. The maximum Gasteiger partial charge on any atom is 0.157 e. The van der Waals surface area contributed by atoms with E-state index in [0.717, 1.165) is 13.1 Å². The molecule has 0 saturated carbocycles. The molecule has 0 heterocycles. The smallest absolute Gasteiger partial charge is 0.143 e. The van der Waals surface area contributed by atoms with Gasteiger partial charge in [-0.25, -0.2) is 0 Å². The van der Waals surface area contributed by atoms with Crippen molar-refractivity contribution < 1.29 is 4.84 Å². The van der Waals surface area contributed by atoms with Crippen LogP contribution in [0.15, 0.2) is 0 Å². The number of rotatable bonds is 3. The minimum atomic E-state index is -0.0496. The van der Waals surface area contributed by atoms with Crippen molar-refractivity contribution in [3.63, 3.8) is 0 Å². The summed E-state index contributed by atoms with van der Waals surface area (Å²) in [6, 6.07) is 0. The van der Waals surface area contributed by atoms with E-state index in [1.165, 1.54) is 0 Å². The van der Waals surface area contributed by atoms with Crippen LogP contribution in [-0.2, 0) is 4.84 Å². The predicted molar refractivity (Wildman–Crippen MR) is 44.1 cm³/mol. The molecule has 0 fully saturated rings. The molecule has 0 aliphatic carbocycles. The summed E-state index contributed by atoms with van der Waals surface area (Å²) in [5, 5.41) is 1.96. The quantitative estimate of drug-likeness (QED) is 0.437. The highest BCUT2D eigenvalue weighted by Crippen LogP contribution is 2.07. The Morgan fingerprint density at radius 2 is 1.50 bits per heavy atom. The van der Waals surface area contributed by atoms with Crippen molar-refractivity contribution in [1.82, 2.24) is 5.06 Å². The maximum absolute atomic E-state index is 5.57. The van der Waals surface area contributed by atoms with Crippen LogP contribution in [0, 0.1) is 0 Å². The second-order valence-electron chi connectivity index (χ2n) is 3.32. The van der Waals surface area contributed by atoms with Crippen molar-refractivity contribution in [2.75, 3.05) is 13.1 Å². The first-order valence-electron chi connectivity index (χ1n) is 3.93. The van der Waals surface area contributed by atoms with Crippen molar-refractivity contribution >= 4 is 0 Å². The van der Waals surface area contributed by atoms with Gasteiger partial charge in [-0.3, -0.25) is 0 Å². The van der Waals surface area contributed by atoms with Crippen LogP contribution in [0.2, 0.25) is 0 Å². The third-order valence-corrected chi connectivity index (χ3v) is 1.11. The SMILES string of the molecule is CC[N+](CC)OC(C)(C)C. The molecule has 0 aromatic carbocycles. The van der Waals surface area contributed by atoms with Crippen LogP contribution in [-0.4, -0.2) is 18.7 Å². The van der Waals surface area contributed by atoms with E-state index in [1.54, 1.807) is 0 Å². The first-order valence-corrected chi connectivity index (χ1v) is 3.93. The molecule has 2 nitrogen and oxygen atoms in total. The molecule has 1 radical (unpaired) electrons. The molecule has 0 saturated heterocycles. The summed E-state index contributed by atoms with van der Waals surface area (Å²) in [7, 11) is 0. The van der Waals surface area contributed by atoms with Crippen LogP contribution in [0.1, 0.15) is 34.6 Å². The van der Waals surface area contributed by atoms with E-state index in [9.17, 15) is 0 Å². The lowest BCUT2D eigenvalue weighted by Crippen LogP contribution is -2.38. The van der Waals surface area contributed by atoms with Gasteiger partial charge in [-0.05, 0) is 39.7 Å². The average Bonchev–Trinajstić information content (AvgIpc) is 1.81. The van der Waals surface area contributed by atoms with Gasteiger partial charge in [-0.2, -0.15) is 0 Å². The Labute approximate surface area is 64.1 Å². The fraction of sp³-hybridized carbons (Fsp3) is 1.00. The molecule has 2 heteroatoms. The molecule has 0 spiro atoms. The monoisotopic (exact) mass is 145 g/mol. The normalized spacial score (nSPS) is 12.6. The zero-order valence-electron chi connectivity index (χ0n) is 7.77. The second-order valence-corrected chi connectivity index (χ2v) is 3.32. The van der Waals surface area contributed by atoms with E-state index in [1.807, 2.05) is 5.06 Å². The van der Waals surface area contributed by atoms with Crippen LogP contribution in [0.25, 0.3) is 0 Å². The lowest BCUT2D eigenvalue weighted by atomic mass is 10.2. The van der Waals surface area contributed by atoms with E-state index in [0.29, 0.717) is 0 Å². The molecular formula is C8H19NO+. The molecule has 0 bridgehead atoms. The summed E-state index contributed by atoms with van der Waals surface area (Å²) >= 11 is 0. The van der Waals surface area contributed by atoms with Crippen LogP contribution in [0.3, 0.4) is 0 Å². The van der Waals surface area contributed by atoms with Crippen molar-refractivity contribution in [3.05, 3.63) is 0 Å². The number of hydrogen-bond donors (Lipinski definition) is 0. The lowest BCUT2D eigenvalue weighted by molar-refractivity contribution is -0.152. The summed E-state index contributed by atoms with van der Waals surface area (Å²) in [6.07, 6.45) is 0. The Morgan fingerprint density at radius 3 is 1.60 bits per heavy atom. The lowest BCUT2D eigenvalue weighted by Gasteiger charge is -2.17. The number of nitrogens with zero attached hydrogens (tertiary/aromatic N) is 1. The maximum atomic E-state index is 5.57. The van der Waals surface area contributed by atoms with Gasteiger partial charge in [0.2, 0.25) is 0 Å². The Morgan fingerprint density at radius 1 is 1.10 bits per heavy atom. The number of hydrogen-bond acceptors (Lipinski definition) is 2. The molecule has 0 aliphatic rings.